The zero-order chi connectivity index (χ0) is 11.1. The summed E-state index contributed by atoms with van der Waals surface area (Å²) >= 11 is 0. The molecular formula is C11H21NO2S. The SMILES string of the molecule is CC[C@@H]1C[C@H](NS(=O)(=O)C2CC2)C[C@@H]1C. The Labute approximate surface area is 92.7 Å². The molecule has 0 heterocycles. The van der Waals surface area contributed by atoms with Crippen molar-refractivity contribution in [3.63, 3.8) is 0 Å². The molecule has 3 nitrogen and oxygen atoms in total. The Morgan fingerprint density at radius 3 is 2.40 bits per heavy atom. The lowest BCUT2D eigenvalue weighted by Gasteiger charge is -2.12. The fourth-order valence-electron chi connectivity index (χ4n) is 2.71. The average Bonchev–Trinajstić information content (AvgIpc) is 2.92. The first kappa shape index (κ1) is 11.4. The molecule has 15 heavy (non-hydrogen) atoms. The van der Waals surface area contributed by atoms with Crippen LogP contribution in [0.4, 0.5) is 0 Å². The van der Waals surface area contributed by atoms with Crippen LogP contribution in [0.3, 0.4) is 0 Å². The average molecular weight is 231 g/mol. The quantitative estimate of drug-likeness (QED) is 0.803. The number of hydrogen-bond donors (Lipinski definition) is 1. The first-order valence-electron chi connectivity index (χ1n) is 6.04. The van der Waals surface area contributed by atoms with Gasteiger partial charge in [-0.1, -0.05) is 20.3 Å². The van der Waals surface area contributed by atoms with E-state index in [9.17, 15) is 8.42 Å². The highest BCUT2D eigenvalue weighted by Crippen LogP contribution is 2.35. The maximum absolute atomic E-state index is 11.7. The summed E-state index contributed by atoms with van der Waals surface area (Å²) in [5.74, 6) is 1.37. The van der Waals surface area contributed by atoms with Crippen LogP contribution in [-0.2, 0) is 10.0 Å². The Morgan fingerprint density at radius 2 is 1.93 bits per heavy atom. The van der Waals surface area contributed by atoms with Gasteiger partial charge in [0.15, 0.2) is 0 Å². The molecule has 2 rings (SSSR count). The van der Waals surface area contributed by atoms with Crippen LogP contribution in [0.15, 0.2) is 0 Å². The van der Waals surface area contributed by atoms with Crippen molar-refractivity contribution in [1.29, 1.82) is 0 Å². The molecule has 0 aromatic heterocycles. The van der Waals surface area contributed by atoms with E-state index in [0.717, 1.165) is 25.7 Å². The molecule has 2 saturated carbocycles. The van der Waals surface area contributed by atoms with E-state index in [4.69, 9.17) is 0 Å². The highest BCUT2D eigenvalue weighted by atomic mass is 32.2. The monoisotopic (exact) mass is 231 g/mol. The number of rotatable bonds is 4. The van der Waals surface area contributed by atoms with Gasteiger partial charge in [0.05, 0.1) is 5.25 Å². The molecule has 0 unspecified atom stereocenters. The van der Waals surface area contributed by atoms with Crippen molar-refractivity contribution in [2.24, 2.45) is 11.8 Å². The van der Waals surface area contributed by atoms with Gasteiger partial charge in [0.25, 0.3) is 0 Å². The minimum Gasteiger partial charge on any atom is -0.212 e. The fraction of sp³-hybridized carbons (Fsp3) is 1.00. The van der Waals surface area contributed by atoms with Crippen molar-refractivity contribution < 1.29 is 8.42 Å². The summed E-state index contributed by atoms with van der Waals surface area (Å²) in [7, 11) is -2.98. The van der Waals surface area contributed by atoms with E-state index in [2.05, 4.69) is 18.6 Å². The molecule has 1 N–H and O–H groups in total. The minimum absolute atomic E-state index is 0.0755. The highest BCUT2D eigenvalue weighted by Gasteiger charge is 2.39. The molecule has 2 fully saturated rings. The smallest absolute Gasteiger partial charge is 0.212 e. The van der Waals surface area contributed by atoms with Gasteiger partial charge in [-0.25, -0.2) is 13.1 Å². The maximum Gasteiger partial charge on any atom is 0.214 e. The van der Waals surface area contributed by atoms with Crippen LogP contribution in [-0.4, -0.2) is 19.7 Å². The molecule has 2 aliphatic carbocycles. The Bertz CT molecular complexity index is 321. The van der Waals surface area contributed by atoms with E-state index in [1.54, 1.807) is 0 Å². The van der Waals surface area contributed by atoms with Crippen LogP contribution in [0.1, 0.15) is 46.0 Å². The lowest BCUT2D eigenvalue weighted by molar-refractivity contribution is 0.407. The van der Waals surface area contributed by atoms with E-state index in [1.807, 2.05) is 0 Å². The van der Waals surface area contributed by atoms with Crippen molar-refractivity contribution in [3.8, 4) is 0 Å². The van der Waals surface area contributed by atoms with Crippen molar-refractivity contribution in [1.82, 2.24) is 4.72 Å². The Hall–Kier alpha value is -0.0900. The minimum atomic E-state index is -2.98. The standard InChI is InChI=1S/C11H21NO2S/c1-3-9-7-10(6-8(9)2)12-15(13,14)11-4-5-11/h8-12H,3-7H2,1-2H3/t8-,9+,10+/m0/s1. The first-order chi connectivity index (χ1) is 7.03. The highest BCUT2D eigenvalue weighted by molar-refractivity contribution is 7.90. The van der Waals surface area contributed by atoms with Crippen molar-refractivity contribution in [3.05, 3.63) is 0 Å². The summed E-state index contributed by atoms with van der Waals surface area (Å²) in [4.78, 5) is 0. The lowest BCUT2D eigenvalue weighted by Crippen LogP contribution is -2.35. The lowest BCUT2D eigenvalue weighted by atomic mass is 9.96. The molecule has 0 saturated heterocycles. The van der Waals surface area contributed by atoms with E-state index in [-0.39, 0.29) is 11.3 Å². The van der Waals surface area contributed by atoms with Crippen LogP contribution in [0.5, 0.6) is 0 Å². The molecule has 2 aliphatic rings. The topological polar surface area (TPSA) is 46.2 Å². The van der Waals surface area contributed by atoms with Gasteiger partial charge in [-0.2, -0.15) is 0 Å². The second kappa shape index (κ2) is 4.06. The first-order valence-corrected chi connectivity index (χ1v) is 7.58. The molecular weight excluding hydrogens is 210 g/mol. The predicted octanol–water partition coefficient (Wildman–Crippen LogP) is 1.89. The summed E-state index contributed by atoms with van der Waals surface area (Å²) in [6, 6.07) is 0.204. The fourth-order valence-corrected chi connectivity index (χ4v) is 4.31. The number of sulfonamides is 1. The molecule has 0 aromatic carbocycles. The molecule has 3 atom stereocenters. The molecule has 0 spiro atoms. The zero-order valence-corrected chi connectivity index (χ0v) is 10.4. The Balaban J connectivity index is 1.91. The van der Waals surface area contributed by atoms with Gasteiger partial charge in [0.2, 0.25) is 10.0 Å². The van der Waals surface area contributed by atoms with E-state index in [1.165, 1.54) is 6.42 Å². The summed E-state index contributed by atoms with van der Waals surface area (Å²) in [6.45, 7) is 4.43. The van der Waals surface area contributed by atoms with Gasteiger partial charge in [-0.3, -0.25) is 0 Å². The van der Waals surface area contributed by atoms with Crippen LogP contribution in [0, 0.1) is 11.8 Å². The molecule has 4 heteroatoms. The predicted molar refractivity (Wildman–Crippen MR) is 61.0 cm³/mol. The van der Waals surface area contributed by atoms with Crippen LogP contribution >= 0.6 is 0 Å². The molecule has 0 aliphatic heterocycles. The second-order valence-corrected chi connectivity index (χ2v) is 7.17. The molecule has 0 aromatic rings. The summed E-state index contributed by atoms with van der Waals surface area (Å²) in [6.07, 6.45) is 4.93. The zero-order valence-electron chi connectivity index (χ0n) is 9.57. The molecule has 0 bridgehead atoms. The molecule has 0 amide bonds. The Morgan fingerprint density at radius 1 is 1.27 bits per heavy atom. The molecule has 0 radical (unpaired) electrons. The van der Waals surface area contributed by atoms with Crippen LogP contribution < -0.4 is 4.72 Å². The number of nitrogens with one attached hydrogen (secondary N) is 1. The van der Waals surface area contributed by atoms with Gasteiger partial charge in [0.1, 0.15) is 0 Å². The van der Waals surface area contributed by atoms with Gasteiger partial charge in [0, 0.05) is 6.04 Å². The van der Waals surface area contributed by atoms with E-state index < -0.39 is 10.0 Å². The van der Waals surface area contributed by atoms with E-state index >= 15 is 0 Å². The maximum atomic E-state index is 11.7. The summed E-state index contributed by atoms with van der Waals surface area (Å²) < 4.78 is 26.4. The molecule has 88 valence electrons. The third-order valence-electron chi connectivity index (χ3n) is 3.87. The normalized spacial score (nSPS) is 37.1. The largest absolute Gasteiger partial charge is 0.214 e. The van der Waals surface area contributed by atoms with Gasteiger partial charge >= 0.3 is 0 Å². The summed E-state index contributed by atoms with van der Waals surface area (Å²) in [5.41, 5.74) is 0. The van der Waals surface area contributed by atoms with Gasteiger partial charge < -0.3 is 0 Å². The Kier molecular flexibility index (Phi) is 3.08. The van der Waals surface area contributed by atoms with Crippen molar-refractivity contribution in [2.75, 3.05) is 0 Å². The van der Waals surface area contributed by atoms with Crippen LogP contribution in [0.2, 0.25) is 0 Å². The summed E-state index contributed by atoms with van der Waals surface area (Å²) in [5, 5.41) is -0.0755. The van der Waals surface area contributed by atoms with Gasteiger partial charge in [-0.05, 0) is 37.5 Å². The van der Waals surface area contributed by atoms with E-state index in [0.29, 0.717) is 11.8 Å². The second-order valence-electron chi connectivity index (χ2n) is 5.18. The number of hydrogen-bond acceptors (Lipinski definition) is 2. The van der Waals surface area contributed by atoms with Gasteiger partial charge in [-0.15, -0.1) is 0 Å². The third kappa shape index (κ3) is 2.53. The third-order valence-corrected chi connectivity index (χ3v) is 5.88. The van der Waals surface area contributed by atoms with Crippen molar-refractivity contribution in [2.45, 2.75) is 57.2 Å². The van der Waals surface area contributed by atoms with Crippen LogP contribution in [0.25, 0.3) is 0 Å². The van der Waals surface area contributed by atoms with Crippen molar-refractivity contribution >= 4 is 10.0 Å².